The van der Waals surface area contributed by atoms with Crippen molar-refractivity contribution >= 4 is 21.8 Å². The Kier molecular flexibility index (Phi) is 5.13. The van der Waals surface area contributed by atoms with Crippen LogP contribution in [0, 0.1) is 0 Å². The van der Waals surface area contributed by atoms with Crippen molar-refractivity contribution in [3.8, 4) is 11.3 Å². The number of rotatable bonds is 6. The van der Waals surface area contributed by atoms with E-state index in [4.69, 9.17) is 0 Å². The Balaban J connectivity index is 1.48. The molecular weight excluding hydrogens is 408 g/mol. The lowest BCUT2D eigenvalue weighted by Crippen LogP contribution is -2.11. The SMILES string of the molecule is CCC(c1cncc(S(=O)c2ccccc2)c1)n1cc(-c2ncnc3[nH]ccc23)cn1. The van der Waals surface area contributed by atoms with Gasteiger partial charge in [0.25, 0.3) is 0 Å². The number of aromatic amines is 1. The van der Waals surface area contributed by atoms with E-state index in [0.717, 1.165) is 39.2 Å². The van der Waals surface area contributed by atoms with E-state index >= 15 is 0 Å². The minimum Gasteiger partial charge on any atom is -0.346 e. The molecule has 2 unspecified atom stereocenters. The van der Waals surface area contributed by atoms with Gasteiger partial charge >= 0.3 is 0 Å². The van der Waals surface area contributed by atoms with Crippen molar-refractivity contribution in [1.82, 2.24) is 29.7 Å². The van der Waals surface area contributed by atoms with Crippen LogP contribution in [0.1, 0.15) is 24.9 Å². The van der Waals surface area contributed by atoms with Crippen LogP contribution in [0.15, 0.2) is 89.6 Å². The molecule has 0 aliphatic heterocycles. The molecule has 5 rings (SSSR count). The number of fused-ring (bicyclic) bond motifs is 1. The third kappa shape index (κ3) is 3.66. The lowest BCUT2D eigenvalue weighted by molar-refractivity contribution is 0.507. The molecule has 0 spiro atoms. The first kappa shape index (κ1) is 19.3. The summed E-state index contributed by atoms with van der Waals surface area (Å²) in [6, 6.07) is 13.3. The van der Waals surface area contributed by atoms with E-state index in [1.165, 1.54) is 0 Å². The van der Waals surface area contributed by atoms with Crippen molar-refractivity contribution < 1.29 is 4.21 Å². The lowest BCUT2D eigenvalue weighted by atomic mass is 10.1. The molecule has 4 heterocycles. The van der Waals surface area contributed by atoms with Crippen LogP contribution in [0.4, 0.5) is 0 Å². The zero-order chi connectivity index (χ0) is 21.2. The second kappa shape index (κ2) is 8.23. The van der Waals surface area contributed by atoms with Crippen LogP contribution in [0.3, 0.4) is 0 Å². The molecule has 0 saturated carbocycles. The fraction of sp³-hybridized carbons (Fsp3) is 0.130. The molecule has 0 bridgehead atoms. The molecule has 31 heavy (non-hydrogen) atoms. The number of pyridine rings is 1. The summed E-state index contributed by atoms with van der Waals surface area (Å²) in [4.78, 5) is 17.6. The van der Waals surface area contributed by atoms with E-state index < -0.39 is 10.8 Å². The first-order chi connectivity index (χ1) is 15.2. The zero-order valence-corrected chi connectivity index (χ0v) is 17.7. The van der Waals surface area contributed by atoms with Gasteiger partial charge in [-0.1, -0.05) is 25.1 Å². The normalized spacial score (nSPS) is 13.3. The van der Waals surface area contributed by atoms with E-state index in [9.17, 15) is 4.21 Å². The van der Waals surface area contributed by atoms with Crippen molar-refractivity contribution in [3.05, 3.63) is 85.3 Å². The van der Waals surface area contributed by atoms with E-state index in [1.54, 1.807) is 12.5 Å². The molecule has 2 atom stereocenters. The maximum absolute atomic E-state index is 13.0. The number of hydrogen-bond acceptors (Lipinski definition) is 5. The Morgan fingerprint density at radius 2 is 1.94 bits per heavy atom. The highest BCUT2D eigenvalue weighted by molar-refractivity contribution is 7.85. The van der Waals surface area contributed by atoms with E-state index in [-0.39, 0.29) is 6.04 Å². The molecule has 7 nitrogen and oxygen atoms in total. The fourth-order valence-electron chi connectivity index (χ4n) is 3.71. The van der Waals surface area contributed by atoms with Crippen LogP contribution < -0.4 is 0 Å². The molecule has 154 valence electrons. The van der Waals surface area contributed by atoms with Gasteiger partial charge in [-0.05, 0) is 36.2 Å². The van der Waals surface area contributed by atoms with Gasteiger partial charge < -0.3 is 4.98 Å². The Labute approximate surface area is 181 Å². The molecule has 5 aromatic rings. The molecule has 0 aliphatic carbocycles. The number of nitrogens with zero attached hydrogens (tertiary/aromatic N) is 5. The third-order valence-electron chi connectivity index (χ3n) is 5.23. The largest absolute Gasteiger partial charge is 0.346 e. The zero-order valence-electron chi connectivity index (χ0n) is 16.8. The second-order valence-electron chi connectivity index (χ2n) is 7.13. The van der Waals surface area contributed by atoms with E-state index in [0.29, 0.717) is 4.90 Å². The highest BCUT2D eigenvalue weighted by Gasteiger charge is 2.18. The summed E-state index contributed by atoms with van der Waals surface area (Å²) in [7, 11) is -1.28. The minimum atomic E-state index is -1.28. The van der Waals surface area contributed by atoms with Crippen LogP contribution in [0.2, 0.25) is 0 Å². The van der Waals surface area contributed by atoms with Crippen LogP contribution in [0.5, 0.6) is 0 Å². The van der Waals surface area contributed by atoms with Crippen molar-refractivity contribution in [2.75, 3.05) is 0 Å². The quantitative estimate of drug-likeness (QED) is 0.433. The number of aromatic nitrogens is 6. The Bertz CT molecular complexity index is 1360. The summed E-state index contributed by atoms with van der Waals surface area (Å²) >= 11 is 0. The van der Waals surface area contributed by atoms with Crippen LogP contribution >= 0.6 is 0 Å². The van der Waals surface area contributed by atoms with Gasteiger partial charge in [0.1, 0.15) is 12.0 Å². The number of benzene rings is 1. The molecule has 0 amide bonds. The minimum absolute atomic E-state index is 0.0301. The monoisotopic (exact) mass is 428 g/mol. The average molecular weight is 429 g/mol. The van der Waals surface area contributed by atoms with Gasteiger partial charge in [0.2, 0.25) is 0 Å². The smallest absolute Gasteiger partial charge is 0.141 e. The van der Waals surface area contributed by atoms with Gasteiger partial charge in [0.15, 0.2) is 0 Å². The molecule has 1 aromatic carbocycles. The molecule has 0 aliphatic rings. The summed E-state index contributed by atoms with van der Waals surface area (Å²) in [6.45, 7) is 2.10. The van der Waals surface area contributed by atoms with Crippen molar-refractivity contribution in [2.45, 2.75) is 29.2 Å². The van der Waals surface area contributed by atoms with Crippen molar-refractivity contribution in [2.24, 2.45) is 0 Å². The second-order valence-corrected chi connectivity index (χ2v) is 8.61. The van der Waals surface area contributed by atoms with Crippen LogP contribution in [0.25, 0.3) is 22.3 Å². The van der Waals surface area contributed by atoms with Gasteiger partial charge in [0.05, 0.1) is 33.6 Å². The summed E-state index contributed by atoms with van der Waals surface area (Å²) in [5.74, 6) is 0. The average Bonchev–Trinajstić information content (AvgIpc) is 3.50. The molecule has 0 saturated heterocycles. The molecule has 8 heteroatoms. The molecule has 1 N–H and O–H groups in total. The van der Waals surface area contributed by atoms with Crippen molar-refractivity contribution in [1.29, 1.82) is 0 Å². The Morgan fingerprint density at radius 1 is 1.06 bits per heavy atom. The number of nitrogens with one attached hydrogen (secondary N) is 1. The van der Waals surface area contributed by atoms with Crippen LogP contribution in [-0.4, -0.2) is 33.9 Å². The first-order valence-corrected chi connectivity index (χ1v) is 11.1. The van der Waals surface area contributed by atoms with Crippen molar-refractivity contribution in [3.63, 3.8) is 0 Å². The Hall–Kier alpha value is -3.65. The number of hydrogen-bond donors (Lipinski definition) is 1. The topological polar surface area (TPSA) is 89.4 Å². The first-order valence-electron chi connectivity index (χ1n) is 9.99. The molecule has 0 fully saturated rings. The van der Waals surface area contributed by atoms with E-state index in [2.05, 4.69) is 32.0 Å². The van der Waals surface area contributed by atoms with Gasteiger partial charge in [-0.2, -0.15) is 5.10 Å². The molecule has 4 aromatic heterocycles. The predicted molar refractivity (Wildman–Crippen MR) is 119 cm³/mol. The van der Waals surface area contributed by atoms with E-state index in [1.807, 2.05) is 71.9 Å². The third-order valence-corrected chi connectivity index (χ3v) is 6.58. The molecule has 0 radical (unpaired) electrons. The van der Waals surface area contributed by atoms with Crippen LogP contribution in [-0.2, 0) is 10.8 Å². The maximum Gasteiger partial charge on any atom is 0.141 e. The Morgan fingerprint density at radius 3 is 2.77 bits per heavy atom. The maximum atomic E-state index is 13.0. The summed E-state index contributed by atoms with van der Waals surface area (Å²) in [5.41, 5.74) is 3.52. The van der Waals surface area contributed by atoms with Gasteiger partial charge in [-0.15, -0.1) is 0 Å². The number of H-pyrrole nitrogens is 1. The van der Waals surface area contributed by atoms with Gasteiger partial charge in [-0.3, -0.25) is 9.67 Å². The highest BCUT2D eigenvalue weighted by atomic mass is 32.2. The standard InChI is InChI=1S/C23H20N6OS/c1-2-21(16-10-19(13-24-11-16)31(30)18-6-4-3-5-7-18)29-14-17(12-28-29)22-20-8-9-25-23(20)27-15-26-22/h3-15,21H,2H2,1H3,(H,25,26,27). The lowest BCUT2D eigenvalue weighted by Gasteiger charge is -2.16. The predicted octanol–water partition coefficient (Wildman–Crippen LogP) is 4.38. The summed E-state index contributed by atoms with van der Waals surface area (Å²) in [6.07, 6.45) is 11.5. The fourth-order valence-corrected chi connectivity index (χ4v) is 4.78. The summed E-state index contributed by atoms with van der Waals surface area (Å²) in [5, 5.41) is 5.56. The van der Waals surface area contributed by atoms with Gasteiger partial charge in [-0.25, -0.2) is 14.2 Å². The van der Waals surface area contributed by atoms with Gasteiger partial charge in [0, 0.05) is 40.6 Å². The highest BCUT2D eigenvalue weighted by Crippen LogP contribution is 2.28. The molecular formula is C23H20N6OS. The summed E-state index contributed by atoms with van der Waals surface area (Å²) < 4.78 is 14.9.